The van der Waals surface area contributed by atoms with Gasteiger partial charge in [0.1, 0.15) is 6.04 Å². The maximum Gasteiger partial charge on any atom is 0.326 e. The van der Waals surface area contributed by atoms with Crippen molar-refractivity contribution in [2.45, 2.75) is 25.1 Å². The second kappa shape index (κ2) is 6.89. The van der Waals surface area contributed by atoms with E-state index in [0.29, 0.717) is 36.1 Å². The highest BCUT2D eigenvalue weighted by atomic mass is 32.2. The van der Waals surface area contributed by atoms with Gasteiger partial charge in [0.2, 0.25) is 12.3 Å². The fourth-order valence-corrected chi connectivity index (χ4v) is 1.96. The van der Waals surface area contributed by atoms with Crippen LogP contribution >= 0.6 is 11.8 Å². The lowest BCUT2D eigenvalue weighted by molar-refractivity contribution is -0.140. The average Bonchev–Trinajstić information content (AvgIpc) is 2.68. The van der Waals surface area contributed by atoms with E-state index < -0.39 is 12.0 Å². The van der Waals surface area contributed by atoms with Crippen LogP contribution in [-0.4, -0.2) is 39.4 Å². The molecule has 94 valence electrons. The number of nitrogens with zero attached hydrogens (tertiary/aromatic N) is 2. The average molecular weight is 259 g/mol. The fraction of sp³-hybridized carbons (Fsp3) is 0.556. The van der Waals surface area contributed by atoms with Crippen molar-refractivity contribution in [2.24, 2.45) is 0 Å². The highest BCUT2D eigenvalue weighted by Gasteiger charge is 2.15. The second-order valence-electron chi connectivity index (χ2n) is 3.25. The molecular weight excluding hydrogens is 246 g/mol. The molecule has 0 aliphatic rings. The molecule has 17 heavy (non-hydrogen) atoms. The summed E-state index contributed by atoms with van der Waals surface area (Å²) < 4.78 is 4.90. The third-order valence-electron chi connectivity index (χ3n) is 1.91. The Labute approximate surface area is 102 Å². The Balaban J connectivity index is 2.22. The summed E-state index contributed by atoms with van der Waals surface area (Å²) in [7, 11) is 0. The second-order valence-corrected chi connectivity index (χ2v) is 4.36. The molecule has 2 N–H and O–H groups in total. The Hall–Kier alpha value is -1.57. The van der Waals surface area contributed by atoms with Gasteiger partial charge in [-0.1, -0.05) is 5.16 Å². The van der Waals surface area contributed by atoms with Gasteiger partial charge >= 0.3 is 5.97 Å². The molecule has 1 heterocycles. The molecule has 0 spiro atoms. The number of carboxylic acids is 1. The number of aromatic nitrogens is 2. The number of hydrogen-bond acceptors (Lipinski definition) is 6. The van der Waals surface area contributed by atoms with Crippen molar-refractivity contribution in [3.63, 3.8) is 0 Å². The first kappa shape index (κ1) is 13.5. The summed E-state index contributed by atoms with van der Waals surface area (Å²) in [4.78, 5) is 24.9. The molecular formula is C9H13N3O4S. The zero-order valence-corrected chi connectivity index (χ0v) is 10.1. The molecule has 1 unspecified atom stereocenters. The first-order valence-corrected chi connectivity index (χ1v) is 6.08. The molecule has 0 aliphatic heterocycles. The van der Waals surface area contributed by atoms with E-state index in [4.69, 9.17) is 9.63 Å². The Morgan fingerprint density at radius 2 is 2.47 bits per heavy atom. The number of thioether (sulfide) groups is 1. The van der Waals surface area contributed by atoms with Crippen LogP contribution in [0.2, 0.25) is 0 Å². The van der Waals surface area contributed by atoms with Crippen molar-refractivity contribution in [2.75, 3.05) is 5.75 Å². The molecule has 7 nitrogen and oxygen atoms in total. The van der Waals surface area contributed by atoms with Crippen LogP contribution in [0, 0.1) is 6.92 Å². The van der Waals surface area contributed by atoms with Crippen LogP contribution < -0.4 is 5.32 Å². The first-order chi connectivity index (χ1) is 8.13. The zero-order chi connectivity index (χ0) is 12.7. The summed E-state index contributed by atoms with van der Waals surface area (Å²) in [6, 6.07) is -0.843. The number of amides is 1. The Kier molecular flexibility index (Phi) is 5.47. The Morgan fingerprint density at radius 3 is 3.00 bits per heavy atom. The van der Waals surface area contributed by atoms with E-state index in [1.807, 2.05) is 0 Å². The van der Waals surface area contributed by atoms with Gasteiger partial charge in [0, 0.05) is 0 Å². The maximum atomic E-state index is 10.7. The summed E-state index contributed by atoms with van der Waals surface area (Å²) in [5, 5.41) is 14.6. The molecule has 0 bridgehead atoms. The molecule has 0 radical (unpaired) electrons. The molecule has 0 saturated heterocycles. The van der Waals surface area contributed by atoms with Crippen LogP contribution in [0.5, 0.6) is 0 Å². The minimum Gasteiger partial charge on any atom is -0.480 e. The van der Waals surface area contributed by atoms with E-state index in [9.17, 15) is 9.59 Å². The van der Waals surface area contributed by atoms with Crippen molar-refractivity contribution in [1.82, 2.24) is 15.5 Å². The van der Waals surface area contributed by atoms with E-state index in [-0.39, 0.29) is 0 Å². The molecule has 0 aromatic carbocycles. The standard InChI is InChI=1S/C9H13N3O4S/c1-6-11-8(16-12-6)4-17-3-2-7(9(14)15)10-5-13/h5,7H,2-4H2,1H3,(H,10,13)(H,14,15). The van der Waals surface area contributed by atoms with Crippen LogP contribution in [0.15, 0.2) is 4.52 Å². The van der Waals surface area contributed by atoms with E-state index in [1.54, 1.807) is 6.92 Å². The monoisotopic (exact) mass is 259 g/mol. The van der Waals surface area contributed by atoms with Crippen molar-refractivity contribution in [3.05, 3.63) is 11.7 Å². The van der Waals surface area contributed by atoms with Crippen LogP contribution in [-0.2, 0) is 15.3 Å². The summed E-state index contributed by atoms with van der Waals surface area (Å²) in [5.41, 5.74) is 0. The van der Waals surface area contributed by atoms with Crippen molar-refractivity contribution in [1.29, 1.82) is 0 Å². The highest BCUT2D eigenvalue weighted by molar-refractivity contribution is 7.98. The number of rotatable bonds is 8. The van der Waals surface area contributed by atoms with Gasteiger partial charge in [-0.15, -0.1) is 0 Å². The van der Waals surface area contributed by atoms with E-state index in [0.717, 1.165) is 0 Å². The predicted molar refractivity (Wildman–Crippen MR) is 60.4 cm³/mol. The lowest BCUT2D eigenvalue weighted by atomic mass is 10.2. The quantitative estimate of drug-likeness (QED) is 0.507. The van der Waals surface area contributed by atoms with E-state index >= 15 is 0 Å². The van der Waals surface area contributed by atoms with Gasteiger partial charge < -0.3 is 14.9 Å². The molecule has 0 aliphatic carbocycles. The molecule has 1 atom stereocenters. The lowest BCUT2D eigenvalue weighted by Gasteiger charge is -2.09. The molecule has 0 saturated carbocycles. The van der Waals surface area contributed by atoms with Crippen molar-refractivity contribution in [3.8, 4) is 0 Å². The van der Waals surface area contributed by atoms with Crippen LogP contribution in [0.25, 0.3) is 0 Å². The number of carboxylic acid groups (broad SMARTS) is 1. The normalized spacial score (nSPS) is 12.1. The van der Waals surface area contributed by atoms with Crippen LogP contribution in [0.3, 0.4) is 0 Å². The van der Waals surface area contributed by atoms with Gasteiger partial charge in [0.15, 0.2) is 5.82 Å². The number of nitrogens with one attached hydrogen (secondary N) is 1. The molecule has 1 amide bonds. The zero-order valence-electron chi connectivity index (χ0n) is 9.25. The Bertz CT molecular complexity index is 382. The van der Waals surface area contributed by atoms with Gasteiger partial charge in [0.25, 0.3) is 0 Å². The smallest absolute Gasteiger partial charge is 0.326 e. The van der Waals surface area contributed by atoms with Crippen LogP contribution in [0.4, 0.5) is 0 Å². The van der Waals surface area contributed by atoms with Gasteiger partial charge in [-0.2, -0.15) is 16.7 Å². The molecule has 1 aromatic heterocycles. The molecule has 0 fully saturated rings. The number of carbonyl (C=O) groups excluding carboxylic acids is 1. The predicted octanol–water partition coefficient (Wildman–Crippen LogP) is 0.201. The largest absolute Gasteiger partial charge is 0.480 e. The van der Waals surface area contributed by atoms with Crippen molar-refractivity contribution >= 4 is 24.1 Å². The topological polar surface area (TPSA) is 105 Å². The summed E-state index contributed by atoms with van der Waals surface area (Å²) in [6.07, 6.45) is 0.747. The molecule has 1 rings (SSSR count). The lowest BCUT2D eigenvalue weighted by Crippen LogP contribution is -2.36. The molecule has 1 aromatic rings. The number of aryl methyl sites for hydroxylation is 1. The fourth-order valence-electron chi connectivity index (χ4n) is 1.12. The SMILES string of the molecule is Cc1noc(CSCCC(NC=O)C(=O)O)n1. The highest BCUT2D eigenvalue weighted by Crippen LogP contribution is 2.12. The maximum absolute atomic E-state index is 10.7. The van der Waals surface area contributed by atoms with E-state index in [2.05, 4.69) is 15.5 Å². The van der Waals surface area contributed by atoms with E-state index in [1.165, 1.54) is 11.8 Å². The number of carbonyl (C=O) groups is 2. The first-order valence-electron chi connectivity index (χ1n) is 4.93. The van der Waals surface area contributed by atoms with Gasteiger partial charge in [-0.25, -0.2) is 4.79 Å². The molecule has 8 heteroatoms. The Morgan fingerprint density at radius 1 is 1.71 bits per heavy atom. The summed E-state index contributed by atoms with van der Waals surface area (Å²) in [5.74, 6) is 1.17. The third kappa shape index (κ3) is 4.85. The van der Waals surface area contributed by atoms with Gasteiger partial charge in [-0.3, -0.25) is 4.79 Å². The van der Waals surface area contributed by atoms with Crippen molar-refractivity contribution < 1.29 is 19.2 Å². The minimum atomic E-state index is -1.04. The van der Waals surface area contributed by atoms with Gasteiger partial charge in [0.05, 0.1) is 5.75 Å². The third-order valence-corrected chi connectivity index (χ3v) is 2.89. The number of aliphatic carboxylic acids is 1. The summed E-state index contributed by atoms with van der Waals surface area (Å²) in [6.45, 7) is 1.73. The van der Waals surface area contributed by atoms with Crippen LogP contribution in [0.1, 0.15) is 18.1 Å². The number of hydrogen-bond donors (Lipinski definition) is 2. The van der Waals surface area contributed by atoms with Gasteiger partial charge in [-0.05, 0) is 19.1 Å². The minimum absolute atomic E-state index is 0.353. The summed E-state index contributed by atoms with van der Waals surface area (Å²) >= 11 is 1.48.